The lowest BCUT2D eigenvalue weighted by Crippen LogP contribution is -2.32. The average molecular weight is 429 g/mol. The summed E-state index contributed by atoms with van der Waals surface area (Å²) in [7, 11) is 0. The zero-order chi connectivity index (χ0) is 22.1. The Morgan fingerprint density at radius 2 is 1.91 bits per heavy atom. The van der Waals surface area contributed by atoms with Crippen LogP contribution in [0.2, 0.25) is 0 Å². The topological polar surface area (TPSA) is 108 Å². The molecule has 5 rings (SSSR count). The van der Waals surface area contributed by atoms with E-state index in [1.807, 2.05) is 43.3 Å². The van der Waals surface area contributed by atoms with Crippen molar-refractivity contribution in [1.29, 1.82) is 0 Å². The molecule has 3 heterocycles. The number of carbonyl (C=O) groups is 1. The molecule has 0 fully saturated rings. The first-order valence-corrected chi connectivity index (χ1v) is 10.0. The zero-order valence-electron chi connectivity index (χ0n) is 17.2. The standard InChI is InChI=1S/C23H19N5O4/c1-14-2-5-16(6-3-14)21-25-10-17-22(27-21)26-12-28(23(17)30)11-20(29)24-9-15-4-7-18-19(8-15)32-13-31-18/h2-8,10,12H,9,11,13H2,1H3,(H,24,29). The molecule has 0 saturated heterocycles. The van der Waals surface area contributed by atoms with E-state index in [9.17, 15) is 9.59 Å². The first-order valence-electron chi connectivity index (χ1n) is 10.0. The first kappa shape index (κ1) is 19.7. The Morgan fingerprint density at radius 1 is 1.09 bits per heavy atom. The average Bonchev–Trinajstić information content (AvgIpc) is 3.28. The second kappa shape index (κ2) is 8.10. The summed E-state index contributed by atoms with van der Waals surface area (Å²) in [5.74, 6) is 1.50. The van der Waals surface area contributed by atoms with E-state index in [0.29, 0.717) is 23.9 Å². The van der Waals surface area contributed by atoms with Gasteiger partial charge in [-0.2, -0.15) is 0 Å². The molecule has 0 unspecified atom stereocenters. The minimum Gasteiger partial charge on any atom is -0.454 e. The number of amides is 1. The molecule has 9 nitrogen and oxygen atoms in total. The summed E-state index contributed by atoms with van der Waals surface area (Å²) in [6.07, 6.45) is 2.78. The molecule has 32 heavy (non-hydrogen) atoms. The Hall–Kier alpha value is -4.27. The van der Waals surface area contributed by atoms with E-state index in [4.69, 9.17) is 9.47 Å². The van der Waals surface area contributed by atoms with Gasteiger partial charge in [0.25, 0.3) is 5.56 Å². The largest absolute Gasteiger partial charge is 0.454 e. The highest BCUT2D eigenvalue weighted by atomic mass is 16.7. The summed E-state index contributed by atoms with van der Waals surface area (Å²) >= 11 is 0. The predicted octanol–water partition coefficient (Wildman–Crippen LogP) is 2.21. The second-order valence-corrected chi connectivity index (χ2v) is 7.44. The molecule has 160 valence electrons. The number of aryl methyl sites for hydroxylation is 1. The molecule has 0 atom stereocenters. The van der Waals surface area contributed by atoms with Crippen molar-refractivity contribution < 1.29 is 14.3 Å². The maximum absolute atomic E-state index is 12.8. The Labute approximate surface area is 182 Å². The SMILES string of the molecule is Cc1ccc(-c2ncc3c(=O)n(CC(=O)NCc4ccc5c(c4)OCO5)cnc3n2)cc1. The van der Waals surface area contributed by atoms with E-state index in [0.717, 1.165) is 16.7 Å². The fourth-order valence-corrected chi connectivity index (χ4v) is 3.37. The number of nitrogens with zero attached hydrogens (tertiary/aromatic N) is 4. The summed E-state index contributed by atoms with van der Waals surface area (Å²) in [4.78, 5) is 38.1. The van der Waals surface area contributed by atoms with Crippen LogP contribution in [0.25, 0.3) is 22.4 Å². The highest BCUT2D eigenvalue weighted by Crippen LogP contribution is 2.32. The van der Waals surface area contributed by atoms with Crippen molar-refractivity contribution >= 4 is 16.9 Å². The van der Waals surface area contributed by atoms with Crippen LogP contribution >= 0.6 is 0 Å². The van der Waals surface area contributed by atoms with Crippen molar-refractivity contribution in [3.05, 3.63) is 76.5 Å². The Kier molecular flexibility index (Phi) is 4.98. The van der Waals surface area contributed by atoms with Crippen molar-refractivity contribution in [1.82, 2.24) is 24.8 Å². The third kappa shape index (κ3) is 3.87. The van der Waals surface area contributed by atoms with Crippen LogP contribution in [-0.2, 0) is 17.9 Å². The number of fused-ring (bicyclic) bond motifs is 2. The lowest BCUT2D eigenvalue weighted by molar-refractivity contribution is -0.121. The van der Waals surface area contributed by atoms with Gasteiger partial charge in [-0.1, -0.05) is 35.9 Å². The van der Waals surface area contributed by atoms with Gasteiger partial charge in [-0.3, -0.25) is 14.2 Å². The molecular weight excluding hydrogens is 410 g/mol. The number of benzene rings is 2. The molecule has 9 heteroatoms. The van der Waals surface area contributed by atoms with E-state index >= 15 is 0 Å². The molecule has 0 spiro atoms. The molecule has 0 aliphatic carbocycles. The van der Waals surface area contributed by atoms with Gasteiger partial charge in [-0.15, -0.1) is 0 Å². The number of aromatic nitrogens is 4. The molecule has 1 aliphatic rings. The van der Waals surface area contributed by atoms with Crippen molar-refractivity contribution in [2.45, 2.75) is 20.0 Å². The minimum absolute atomic E-state index is 0.161. The van der Waals surface area contributed by atoms with E-state index in [1.54, 1.807) is 6.07 Å². The molecule has 1 amide bonds. The Morgan fingerprint density at radius 3 is 2.75 bits per heavy atom. The molecule has 0 radical (unpaired) electrons. The van der Waals surface area contributed by atoms with Gasteiger partial charge in [0.1, 0.15) is 18.3 Å². The van der Waals surface area contributed by atoms with Gasteiger partial charge in [0.15, 0.2) is 23.0 Å². The smallest absolute Gasteiger partial charge is 0.264 e. The molecule has 1 aliphatic heterocycles. The van der Waals surface area contributed by atoms with Gasteiger partial charge in [-0.05, 0) is 24.6 Å². The minimum atomic E-state index is -0.372. The van der Waals surface area contributed by atoms with Crippen LogP contribution in [0.3, 0.4) is 0 Å². The van der Waals surface area contributed by atoms with E-state index < -0.39 is 0 Å². The van der Waals surface area contributed by atoms with Crippen LogP contribution in [-0.4, -0.2) is 32.2 Å². The lowest BCUT2D eigenvalue weighted by atomic mass is 10.1. The van der Waals surface area contributed by atoms with Crippen LogP contribution in [0.4, 0.5) is 0 Å². The fraction of sp³-hybridized carbons (Fsp3) is 0.174. The normalized spacial score (nSPS) is 12.2. The third-order valence-electron chi connectivity index (χ3n) is 5.13. The molecular formula is C23H19N5O4. The molecule has 2 aromatic carbocycles. The third-order valence-corrected chi connectivity index (χ3v) is 5.13. The number of hydrogen-bond acceptors (Lipinski definition) is 7. The maximum Gasteiger partial charge on any atom is 0.264 e. The highest BCUT2D eigenvalue weighted by molar-refractivity contribution is 5.77. The number of carbonyl (C=O) groups excluding carboxylic acids is 1. The van der Waals surface area contributed by atoms with Gasteiger partial charge in [0.05, 0.1) is 0 Å². The van der Waals surface area contributed by atoms with Crippen LogP contribution in [0, 0.1) is 6.92 Å². The zero-order valence-corrected chi connectivity index (χ0v) is 17.2. The van der Waals surface area contributed by atoms with Crippen molar-refractivity contribution in [3.8, 4) is 22.9 Å². The molecule has 0 saturated carbocycles. The number of ether oxygens (including phenoxy) is 2. The molecule has 1 N–H and O–H groups in total. The summed E-state index contributed by atoms with van der Waals surface area (Å²) < 4.78 is 11.9. The Bertz CT molecular complexity index is 1380. The van der Waals surface area contributed by atoms with Gasteiger partial charge >= 0.3 is 0 Å². The molecule has 0 bridgehead atoms. The second-order valence-electron chi connectivity index (χ2n) is 7.44. The quantitative estimate of drug-likeness (QED) is 0.518. The van der Waals surface area contributed by atoms with Crippen LogP contribution in [0.15, 0.2) is 59.8 Å². The van der Waals surface area contributed by atoms with Crippen LogP contribution < -0.4 is 20.3 Å². The van der Waals surface area contributed by atoms with Crippen molar-refractivity contribution in [3.63, 3.8) is 0 Å². The van der Waals surface area contributed by atoms with Crippen molar-refractivity contribution in [2.24, 2.45) is 0 Å². The van der Waals surface area contributed by atoms with Crippen LogP contribution in [0.5, 0.6) is 11.5 Å². The van der Waals surface area contributed by atoms with Gasteiger partial charge in [-0.25, -0.2) is 15.0 Å². The predicted molar refractivity (Wildman–Crippen MR) is 116 cm³/mol. The lowest BCUT2D eigenvalue weighted by Gasteiger charge is -2.09. The highest BCUT2D eigenvalue weighted by Gasteiger charge is 2.14. The summed E-state index contributed by atoms with van der Waals surface area (Å²) in [6, 6.07) is 13.2. The van der Waals surface area contributed by atoms with Gasteiger partial charge in [0, 0.05) is 18.3 Å². The fourth-order valence-electron chi connectivity index (χ4n) is 3.37. The van der Waals surface area contributed by atoms with E-state index in [2.05, 4.69) is 20.3 Å². The number of nitrogens with one attached hydrogen (secondary N) is 1. The Balaban J connectivity index is 1.30. The number of hydrogen-bond donors (Lipinski definition) is 1. The summed E-state index contributed by atoms with van der Waals surface area (Å²) in [5.41, 5.74) is 2.75. The van der Waals surface area contributed by atoms with Crippen LogP contribution in [0.1, 0.15) is 11.1 Å². The molecule has 2 aromatic heterocycles. The van der Waals surface area contributed by atoms with Crippen molar-refractivity contribution in [2.75, 3.05) is 6.79 Å². The number of rotatable bonds is 5. The van der Waals surface area contributed by atoms with E-state index in [1.165, 1.54) is 17.1 Å². The summed E-state index contributed by atoms with van der Waals surface area (Å²) in [5, 5.41) is 3.05. The summed E-state index contributed by atoms with van der Waals surface area (Å²) in [6.45, 7) is 2.33. The first-order chi connectivity index (χ1) is 15.6. The van der Waals surface area contributed by atoms with E-state index in [-0.39, 0.29) is 35.8 Å². The van der Waals surface area contributed by atoms with Gasteiger partial charge in [0.2, 0.25) is 12.7 Å². The molecule has 4 aromatic rings. The monoisotopic (exact) mass is 429 g/mol. The van der Waals surface area contributed by atoms with Gasteiger partial charge < -0.3 is 14.8 Å². The maximum atomic E-state index is 12.8.